The van der Waals surface area contributed by atoms with Crippen LogP contribution in [0.1, 0.15) is 23.1 Å². The first-order valence-corrected chi connectivity index (χ1v) is 7.38. The molecular weight excluding hydrogens is 276 g/mol. The van der Waals surface area contributed by atoms with Gasteiger partial charge in [0.1, 0.15) is 5.78 Å². The number of carboxylic acid groups (broad SMARTS) is 1. The highest BCUT2D eigenvalue weighted by atomic mass is 16.4. The molecule has 0 saturated heterocycles. The maximum absolute atomic E-state index is 12.1. The van der Waals surface area contributed by atoms with Gasteiger partial charge in [0.25, 0.3) is 0 Å². The molecular formula is C19H20O3. The smallest absolute Gasteiger partial charge is 0.307 e. The molecule has 0 bridgehead atoms. The van der Waals surface area contributed by atoms with E-state index in [-0.39, 0.29) is 12.2 Å². The molecule has 0 aromatic heterocycles. The molecule has 1 atom stereocenters. The minimum Gasteiger partial charge on any atom is -0.481 e. The van der Waals surface area contributed by atoms with E-state index in [9.17, 15) is 14.7 Å². The average molecular weight is 296 g/mol. The summed E-state index contributed by atoms with van der Waals surface area (Å²) in [7, 11) is 0. The highest BCUT2D eigenvalue weighted by Crippen LogP contribution is 2.15. The van der Waals surface area contributed by atoms with Crippen LogP contribution in [0.4, 0.5) is 0 Å². The Morgan fingerprint density at radius 2 is 1.59 bits per heavy atom. The van der Waals surface area contributed by atoms with Crippen molar-refractivity contribution in [3.8, 4) is 0 Å². The second kappa shape index (κ2) is 7.55. The molecule has 2 aromatic carbocycles. The van der Waals surface area contributed by atoms with Crippen molar-refractivity contribution in [2.45, 2.75) is 26.2 Å². The Morgan fingerprint density at radius 1 is 0.955 bits per heavy atom. The number of carbonyl (C=O) groups excluding carboxylic acids is 1. The van der Waals surface area contributed by atoms with E-state index in [2.05, 4.69) is 0 Å². The fourth-order valence-electron chi connectivity index (χ4n) is 2.43. The Hall–Kier alpha value is -2.42. The van der Waals surface area contributed by atoms with Crippen molar-refractivity contribution in [1.29, 1.82) is 0 Å². The standard InChI is InChI=1S/C19H20O3/c1-14-7-9-16(10-8-14)12-18(20)13-17(19(21)22)11-15-5-3-2-4-6-15/h2-10,17H,11-13H2,1H3,(H,21,22)/t17-/m0/s1. The summed E-state index contributed by atoms with van der Waals surface area (Å²) >= 11 is 0. The summed E-state index contributed by atoms with van der Waals surface area (Å²) in [6.07, 6.45) is 0.743. The fourth-order valence-corrected chi connectivity index (χ4v) is 2.43. The minimum atomic E-state index is -0.916. The van der Waals surface area contributed by atoms with Gasteiger partial charge in [0.15, 0.2) is 0 Å². The summed E-state index contributed by atoms with van der Waals surface area (Å²) in [6, 6.07) is 17.2. The molecule has 0 aliphatic carbocycles. The van der Waals surface area contributed by atoms with E-state index in [0.717, 1.165) is 16.7 Å². The highest BCUT2D eigenvalue weighted by molar-refractivity contribution is 5.85. The van der Waals surface area contributed by atoms with Crippen molar-refractivity contribution in [2.24, 2.45) is 5.92 Å². The van der Waals surface area contributed by atoms with Crippen LogP contribution in [0.3, 0.4) is 0 Å². The molecule has 0 aliphatic rings. The third-order valence-electron chi connectivity index (χ3n) is 3.67. The molecule has 0 fully saturated rings. The number of hydrogen-bond donors (Lipinski definition) is 1. The number of rotatable bonds is 7. The molecule has 0 aliphatic heterocycles. The lowest BCUT2D eigenvalue weighted by molar-refractivity contribution is -0.143. The molecule has 2 rings (SSSR count). The Morgan fingerprint density at radius 3 is 2.18 bits per heavy atom. The van der Waals surface area contributed by atoms with Gasteiger partial charge in [-0.1, -0.05) is 60.2 Å². The van der Waals surface area contributed by atoms with Crippen LogP contribution < -0.4 is 0 Å². The lowest BCUT2D eigenvalue weighted by atomic mass is 9.92. The zero-order chi connectivity index (χ0) is 15.9. The van der Waals surface area contributed by atoms with Crippen molar-refractivity contribution >= 4 is 11.8 Å². The van der Waals surface area contributed by atoms with E-state index in [1.807, 2.05) is 61.5 Å². The third-order valence-corrected chi connectivity index (χ3v) is 3.67. The molecule has 1 N–H and O–H groups in total. The van der Waals surface area contributed by atoms with Gasteiger partial charge in [-0.15, -0.1) is 0 Å². The van der Waals surface area contributed by atoms with Crippen molar-refractivity contribution in [3.05, 3.63) is 71.3 Å². The lowest BCUT2D eigenvalue weighted by Crippen LogP contribution is -2.21. The molecule has 2 aromatic rings. The van der Waals surface area contributed by atoms with Gasteiger partial charge < -0.3 is 5.11 Å². The fraction of sp³-hybridized carbons (Fsp3) is 0.263. The Balaban J connectivity index is 1.97. The van der Waals surface area contributed by atoms with Crippen molar-refractivity contribution in [2.75, 3.05) is 0 Å². The van der Waals surface area contributed by atoms with Crippen LogP contribution in [0.5, 0.6) is 0 Å². The van der Waals surface area contributed by atoms with E-state index in [4.69, 9.17) is 0 Å². The van der Waals surface area contributed by atoms with Gasteiger partial charge in [0.2, 0.25) is 0 Å². The first-order valence-electron chi connectivity index (χ1n) is 7.38. The van der Waals surface area contributed by atoms with Gasteiger partial charge in [-0.2, -0.15) is 0 Å². The molecule has 0 heterocycles. The predicted octanol–water partition coefficient (Wildman–Crippen LogP) is 3.44. The van der Waals surface area contributed by atoms with E-state index in [1.165, 1.54) is 0 Å². The number of hydrogen-bond acceptors (Lipinski definition) is 2. The van der Waals surface area contributed by atoms with Crippen molar-refractivity contribution in [3.63, 3.8) is 0 Å². The van der Waals surface area contributed by atoms with E-state index >= 15 is 0 Å². The van der Waals surface area contributed by atoms with E-state index < -0.39 is 11.9 Å². The minimum absolute atomic E-state index is 0.0350. The van der Waals surface area contributed by atoms with Gasteiger partial charge in [-0.3, -0.25) is 9.59 Å². The van der Waals surface area contributed by atoms with Crippen molar-refractivity contribution in [1.82, 2.24) is 0 Å². The van der Waals surface area contributed by atoms with Gasteiger partial charge in [-0.05, 0) is 24.5 Å². The predicted molar refractivity (Wildman–Crippen MR) is 85.8 cm³/mol. The Bertz CT molecular complexity index is 629. The van der Waals surface area contributed by atoms with Crippen LogP contribution in [0, 0.1) is 12.8 Å². The Kier molecular flexibility index (Phi) is 5.48. The maximum Gasteiger partial charge on any atom is 0.307 e. The largest absolute Gasteiger partial charge is 0.481 e. The summed E-state index contributed by atoms with van der Waals surface area (Å²) in [5.74, 6) is -1.62. The Labute approximate surface area is 130 Å². The summed E-state index contributed by atoms with van der Waals surface area (Å²) in [6.45, 7) is 1.99. The number of aryl methyl sites for hydroxylation is 1. The number of carbonyl (C=O) groups is 2. The zero-order valence-electron chi connectivity index (χ0n) is 12.7. The second-order valence-electron chi connectivity index (χ2n) is 5.63. The molecule has 0 unspecified atom stereocenters. The summed E-state index contributed by atoms with van der Waals surface area (Å²) in [5, 5.41) is 9.33. The van der Waals surface area contributed by atoms with Crippen LogP contribution >= 0.6 is 0 Å². The molecule has 3 nitrogen and oxygen atoms in total. The number of benzene rings is 2. The average Bonchev–Trinajstić information content (AvgIpc) is 2.50. The molecule has 3 heteroatoms. The number of aliphatic carboxylic acids is 1. The molecule has 0 radical (unpaired) electrons. The third kappa shape index (κ3) is 4.85. The van der Waals surface area contributed by atoms with Gasteiger partial charge in [0, 0.05) is 12.8 Å². The van der Waals surface area contributed by atoms with Crippen LogP contribution in [-0.2, 0) is 22.4 Å². The lowest BCUT2D eigenvalue weighted by Gasteiger charge is -2.12. The number of ketones is 1. The zero-order valence-corrected chi connectivity index (χ0v) is 12.7. The summed E-state index contributed by atoms with van der Waals surface area (Å²) < 4.78 is 0. The van der Waals surface area contributed by atoms with Crippen LogP contribution in [0.25, 0.3) is 0 Å². The maximum atomic E-state index is 12.1. The first kappa shape index (κ1) is 16.0. The molecule has 0 saturated carbocycles. The molecule has 0 amide bonds. The van der Waals surface area contributed by atoms with Gasteiger partial charge >= 0.3 is 5.97 Å². The van der Waals surface area contributed by atoms with Crippen LogP contribution in [-0.4, -0.2) is 16.9 Å². The first-order chi connectivity index (χ1) is 10.5. The molecule has 22 heavy (non-hydrogen) atoms. The summed E-state index contributed by atoms with van der Waals surface area (Å²) in [4.78, 5) is 23.5. The quantitative estimate of drug-likeness (QED) is 0.851. The molecule has 0 spiro atoms. The second-order valence-corrected chi connectivity index (χ2v) is 5.63. The van der Waals surface area contributed by atoms with Gasteiger partial charge in [0.05, 0.1) is 5.92 Å². The number of carboxylic acids is 1. The monoisotopic (exact) mass is 296 g/mol. The van der Waals surface area contributed by atoms with Crippen molar-refractivity contribution < 1.29 is 14.7 Å². The number of Topliss-reactive ketones (excluding diaryl/α,β-unsaturated/α-hetero) is 1. The van der Waals surface area contributed by atoms with E-state index in [1.54, 1.807) is 0 Å². The highest BCUT2D eigenvalue weighted by Gasteiger charge is 2.21. The topological polar surface area (TPSA) is 54.4 Å². The van der Waals surface area contributed by atoms with Gasteiger partial charge in [-0.25, -0.2) is 0 Å². The SMILES string of the molecule is Cc1ccc(CC(=O)C[C@H](Cc2ccccc2)C(=O)O)cc1. The summed E-state index contributed by atoms with van der Waals surface area (Å²) in [5.41, 5.74) is 3.01. The molecule has 114 valence electrons. The van der Waals surface area contributed by atoms with Crippen LogP contribution in [0.15, 0.2) is 54.6 Å². The van der Waals surface area contributed by atoms with E-state index in [0.29, 0.717) is 12.8 Å². The van der Waals surface area contributed by atoms with Crippen LogP contribution in [0.2, 0.25) is 0 Å². The normalized spacial score (nSPS) is 11.9.